The molecule has 0 atom stereocenters. The third kappa shape index (κ3) is 5.38. The van der Waals surface area contributed by atoms with E-state index in [0.29, 0.717) is 12.2 Å². The molecule has 2 heterocycles. The molecule has 1 saturated heterocycles. The van der Waals surface area contributed by atoms with Gasteiger partial charge in [-0.1, -0.05) is 0 Å². The molecule has 0 spiro atoms. The monoisotopic (exact) mass is 399 g/mol. The third-order valence-corrected chi connectivity index (χ3v) is 4.87. The predicted molar refractivity (Wildman–Crippen MR) is 110 cm³/mol. The van der Waals surface area contributed by atoms with Crippen molar-refractivity contribution in [1.29, 1.82) is 0 Å². The maximum absolute atomic E-state index is 12.4. The number of nitro groups is 1. The summed E-state index contributed by atoms with van der Waals surface area (Å²) in [4.78, 5) is 36.0. The summed E-state index contributed by atoms with van der Waals surface area (Å²) in [5.74, 6) is 0.445. The molecule has 2 N–H and O–H groups in total. The van der Waals surface area contributed by atoms with E-state index in [2.05, 4.69) is 30.4 Å². The zero-order valence-electron chi connectivity index (χ0n) is 16.4. The Morgan fingerprint density at radius 1 is 1.21 bits per heavy atom. The molecule has 1 fully saturated rings. The Bertz CT molecular complexity index is 839. The van der Waals surface area contributed by atoms with Crippen LogP contribution in [0.4, 0.5) is 17.3 Å². The van der Waals surface area contributed by atoms with Crippen LogP contribution in [0.25, 0.3) is 0 Å². The highest BCUT2D eigenvalue weighted by atomic mass is 16.6. The van der Waals surface area contributed by atoms with Crippen LogP contribution in [-0.2, 0) is 0 Å². The standard InChI is InChI=1S/C19H25N7O3/c1-20-17-5-4-15(26(28)29)14-16(17)18(27)21-8-3-9-24-10-12-25(13-11-24)19-22-6-2-7-23-19/h2,4-7,14,20H,3,8-13H2,1H3,(H,21,27). The zero-order chi connectivity index (χ0) is 20.6. The van der Waals surface area contributed by atoms with Crippen molar-refractivity contribution >= 4 is 23.2 Å². The van der Waals surface area contributed by atoms with Crippen LogP contribution in [0, 0.1) is 10.1 Å². The van der Waals surface area contributed by atoms with Gasteiger partial charge >= 0.3 is 0 Å². The number of piperazine rings is 1. The molecule has 10 heteroatoms. The smallest absolute Gasteiger partial charge is 0.270 e. The largest absolute Gasteiger partial charge is 0.387 e. The Morgan fingerprint density at radius 2 is 1.93 bits per heavy atom. The van der Waals surface area contributed by atoms with E-state index >= 15 is 0 Å². The van der Waals surface area contributed by atoms with Gasteiger partial charge in [0.05, 0.1) is 10.5 Å². The fourth-order valence-electron chi connectivity index (χ4n) is 3.28. The molecule has 1 aliphatic rings. The summed E-state index contributed by atoms with van der Waals surface area (Å²) < 4.78 is 0. The van der Waals surface area contributed by atoms with Gasteiger partial charge in [-0.15, -0.1) is 0 Å². The number of benzene rings is 1. The summed E-state index contributed by atoms with van der Waals surface area (Å²) in [6.07, 6.45) is 4.30. The lowest BCUT2D eigenvalue weighted by Crippen LogP contribution is -2.47. The zero-order valence-corrected chi connectivity index (χ0v) is 16.4. The Balaban J connectivity index is 1.42. The molecule has 2 aromatic rings. The Morgan fingerprint density at radius 3 is 2.59 bits per heavy atom. The first-order valence-electron chi connectivity index (χ1n) is 9.57. The molecule has 0 unspecified atom stereocenters. The second-order valence-electron chi connectivity index (χ2n) is 6.72. The maximum atomic E-state index is 12.4. The fourth-order valence-corrected chi connectivity index (χ4v) is 3.28. The van der Waals surface area contributed by atoms with Crippen molar-refractivity contribution in [3.8, 4) is 0 Å². The number of nitrogens with one attached hydrogen (secondary N) is 2. The lowest BCUT2D eigenvalue weighted by molar-refractivity contribution is -0.384. The molecule has 0 radical (unpaired) electrons. The quantitative estimate of drug-likeness (QED) is 0.388. The summed E-state index contributed by atoms with van der Waals surface area (Å²) in [5, 5.41) is 16.7. The first-order valence-corrected chi connectivity index (χ1v) is 9.57. The highest BCUT2D eigenvalue weighted by Crippen LogP contribution is 2.21. The molecule has 1 aliphatic heterocycles. The molecule has 3 rings (SSSR count). The summed E-state index contributed by atoms with van der Waals surface area (Å²) >= 11 is 0. The average molecular weight is 399 g/mol. The number of rotatable bonds is 8. The predicted octanol–water partition coefficient (Wildman–Crippen LogP) is 1.37. The summed E-state index contributed by atoms with van der Waals surface area (Å²) in [5.41, 5.74) is 0.736. The summed E-state index contributed by atoms with van der Waals surface area (Å²) in [7, 11) is 1.68. The Hall–Kier alpha value is -3.27. The van der Waals surface area contributed by atoms with E-state index < -0.39 is 4.92 Å². The highest BCUT2D eigenvalue weighted by molar-refractivity contribution is 6.00. The van der Waals surface area contributed by atoms with E-state index in [0.717, 1.165) is 45.1 Å². The van der Waals surface area contributed by atoms with Gasteiger partial charge in [-0.2, -0.15) is 0 Å². The normalized spacial score (nSPS) is 14.4. The first kappa shape index (κ1) is 20.5. The van der Waals surface area contributed by atoms with Crippen LogP contribution in [0.1, 0.15) is 16.8 Å². The van der Waals surface area contributed by atoms with Crippen LogP contribution >= 0.6 is 0 Å². The van der Waals surface area contributed by atoms with Gasteiger partial charge in [0.25, 0.3) is 11.6 Å². The number of non-ortho nitro benzene ring substituents is 1. The number of carbonyl (C=O) groups excluding carboxylic acids is 1. The molecular formula is C19H25N7O3. The summed E-state index contributed by atoms with van der Waals surface area (Å²) in [6.45, 7) is 4.96. The number of hydrogen-bond donors (Lipinski definition) is 2. The van der Waals surface area contributed by atoms with E-state index in [1.54, 1.807) is 31.6 Å². The van der Waals surface area contributed by atoms with Gasteiger partial charge in [0.15, 0.2) is 0 Å². The molecule has 1 aromatic carbocycles. The number of nitrogens with zero attached hydrogens (tertiary/aromatic N) is 5. The van der Waals surface area contributed by atoms with Crippen molar-refractivity contribution in [1.82, 2.24) is 20.2 Å². The van der Waals surface area contributed by atoms with Crippen molar-refractivity contribution in [2.45, 2.75) is 6.42 Å². The molecule has 1 aromatic heterocycles. The highest BCUT2D eigenvalue weighted by Gasteiger charge is 2.19. The second kappa shape index (κ2) is 9.78. The van der Waals surface area contributed by atoms with Crippen LogP contribution in [0.5, 0.6) is 0 Å². The van der Waals surface area contributed by atoms with E-state index in [4.69, 9.17) is 0 Å². The molecule has 29 heavy (non-hydrogen) atoms. The minimum absolute atomic E-state index is 0.102. The van der Waals surface area contributed by atoms with Gasteiger partial charge in [-0.3, -0.25) is 19.8 Å². The minimum Gasteiger partial charge on any atom is -0.387 e. The van der Waals surface area contributed by atoms with Crippen molar-refractivity contribution in [3.63, 3.8) is 0 Å². The second-order valence-corrected chi connectivity index (χ2v) is 6.72. The topological polar surface area (TPSA) is 117 Å². The van der Waals surface area contributed by atoms with E-state index in [-0.39, 0.29) is 17.2 Å². The van der Waals surface area contributed by atoms with Crippen molar-refractivity contribution < 1.29 is 9.72 Å². The van der Waals surface area contributed by atoms with Crippen molar-refractivity contribution in [2.75, 3.05) is 56.5 Å². The van der Waals surface area contributed by atoms with Crippen LogP contribution in [0.2, 0.25) is 0 Å². The van der Waals surface area contributed by atoms with Gasteiger partial charge in [0.1, 0.15) is 0 Å². The van der Waals surface area contributed by atoms with Crippen molar-refractivity contribution in [2.24, 2.45) is 0 Å². The maximum Gasteiger partial charge on any atom is 0.270 e. The minimum atomic E-state index is -0.504. The number of hydrogen-bond acceptors (Lipinski definition) is 8. The van der Waals surface area contributed by atoms with E-state index in [1.807, 2.05) is 0 Å². The van der Waals surface area contributed by atoms with Gasteiger partial charge in [0.2, 0.25) is 5.95 Å². The molecule has 1 amide bonds. The van der Waals surface area contributed by atoms with Gasteiger partial charge in [-0.05, 0) is 25.1 Å². The lowest BCUT2D eigenvalue weighted by Gasteiger charge is -2.34. The van der Waals surface area contributed by atoms with Gasteiger partial charge in [-0.25, -0.2) is 9.97 Å². The SMILES string of the molecule is CNc1ccc([N+](=O)[O-])cc1C(=O)NCCCN1CCN(c2ncccn2)CC1. The average Bonchev–Trinajstić information content (AvgIpc) is 2.77. The number of carbonyl (C=O) groups is 1. The van der Waals surface area contributed by atoms with Crippen LogP contribution in [0.15, 0.2) is 36.7 Å². The molecular weight excluding hydrogens is 374 g/mol. The number of aromatic nitrogens is 2. The Kier molecular flexibility index (Phi) is 6.90. The van der Waals surface area contributed by atoms with E-state index in [1.165, 1.54) is 12.1 Å². The van der Waals surface area contributed by atoms with E-state index in [9.17, 15) is 14.9 Å². The number of amides is 1. The fraction of sp³-hybridized carbons (Fsp3) is 0.421. The van der Waals surface area contributed by atoms with Gasteiger partial charge < -0.3 is 15.5 Å². The van der Waals surface area contributed by atoms with Crippen LogP contribution < -0.4 is 15.5 Å². The third-order valence-electron chi connectivity index (χ3n) is 4.87. The van der Waals surface area contributed by atoms with Crippen LogP contribution in [-0.4, -0.2) is 72.0 Å². The lowest BCUT2D eigenvalue weighted by atomic mass is 10.1. The molecule has 154 valence electrons. The first-order chi connectivity index (χ1) is 14.1. The molecule has 0 saturated carbocycles. The molecule has 10 nitrogen and oxygen atoms in total. The number of nitro benzene ring substituents is 1. The molecule has 0 aliphatic carbocycles. The summed E-state index contributed by atoms with van der Waals surface area (Å²) in [6, 6.07) is 6.03. The van der Waals surface area contributed by atoms with Gasteiger partial charge in [0, 0.05) is 70.0 Å². The van der Waals surface area contributed by atoms with Crippen LogP contribution in [0.3, 0.4) is 0 Å². The van der Waals surface area contributed by atoms with Crippen molar-refractivity contribution in [3.05, 3.63) is 52.3 Å². The Labute approximate surface area is 169 Å². The molecule has 0 bridgehead atoms. The number of anilines is 2.